The summed E-state index contributed by atoms with van der Waals surface area (Å²) in [5.41, 5.74) is 3.57. The van der Waals surface area contributed by atoms with E-state index in [2.05, 4.69) is 11.8 Å². The summed E-state index contributed by atoms with van der Waals surface area (Å²) in [5.74, 6) is 0.907. The predicted molar refractivity (Wildman–Crippen MR) is 135 cm³/mol. The number of hydrogen-bond acceptors (Lipinski definition) is 4. The van der Waals surface area contributed by atoms with Crippen LogP contribution in [0.25, 0.3) is 16.6 Å². The molecule has 0 spiro atoms. The Morgan fingerprint density at radius 3 is 2.33 bits per heavy atom. The Morgan fingerprint density at radius 2 is 1.70 bits per heavy atom. The Labute approximate surface area is 196 Å². The highest BCUT2D eigenvalue weighted by molar-refractivity contribution is 5.79. The minimum atomic E-state index is -0.366. The van der Waals surface area contributed by atoms with Gasteiger partial charge in [0.2, 0.25) is 5.91 Å². The molecule has 0 aliphatic carbocycles. The summed E-state index contributed by atoms with van der Waals surface area (Å²) in [5, 5.41) is 0.569. The lowest BCUT2D eigenvalue weighted by molar-refractivity contribution is -0.134. The van der Waals surface area contributed by atoms with Crippen LogP contribution in [-0.4, -0.2) is 52.4 Å². The normalized spacial score (nSPS) is 12.5. The number of para-hydroxylation sites is 1. The van der Waals surface area contributed by atoms with Crippen LogP contribution in [0.2, 0.25) is 0 Å². The van der Waals surface area contributed by atoms with Crippen LogP contribution in [0.1, 0.15) is 50.2 Å². The standard InChI is InChI=1S/C27H36N4O2/c1-18(2)16-25(32)30(15-14-29(6)7)21(5)26-28-24-11-9-8-10-23(24)27(33)31(26)22-13-12-19(3)20(4)17-22/h8-13,17-18,21H,14-16H2,1-7H3. The van der Waals surface area contributed by atoms with Crippen LogP contribution in [0.5, 0.6) is 0 Å². The minimum Gasteiger partial charge on any atom is -0.331 e. The second-order valence-corrected chi connectivity index (χ2v) is 9.56. The van der Waals surface area contributed by atoms with E-state index < -0.39 is 0 Å². The van der Waals surface area contributed by atoms with Crippen molar-refractivity contribution in [3.05, 3.63) is 69.8 Å². The molecule has 6 nitrogen and oxygen atoms in total. The van der Waals surface area contributed by atoms with E-state index in [9.17, 15) is 9.59 Å². The van der Waals surface area contributed by atoms with E-state index >= 15 is 0 Å². The van der Waals surface area contributed by atoms with E-state index in [1.165, 1.54) is 0 Å². The second-order valence-electron chi connectivity index (χ2n) is 9.56. The van der Waals surface area contributed by atoms with Gasteiger partial charge in [-0.2, -0.15) is 0 Å². The van der Waals surface area contributed by atoms with Gasteiger partial charge in [-0.25, -0.2) is 4.98 Å². The van der Waals surface area contributed by atoms with Crippen LogP contribution in [0.15, 0.2) is 47.3 Å². The van der Waals surface area contributed by atoms with Crippen molar-refractivity contribution in [2.45, 2.75) is 47.1 Å². The Balaban J connectivity index is 2.22. The molecule has 0 radical (unpaired) electrons. The van der Waals surface area contributed by atoms with Crippen LogP contribution in [-0.2, 0) is 4.79 Å². The fourth-order valence-corrected chi connectivity index (χ4v) is 3.99. The molecule has 2 aromatic carbocycles. The van der Waals surface area contributed by atoms with Crippen LogP contribution >= 0.6 is 0 Å². The zero-order valence-electron chi connectivity index (χ0n) is 20.9. The monoisotopic (exact) mass is 448 g/mol. The minimum absolute atomic E-state index is 0.0772. The van der Waals surface area contributed by atoms with Crippen molar-refractivity contribution in [2.75, 3.05) is 27.2 Å². The molecule has 0 saturated heterocycles. The van der Waals surface area contributed by atoms with E-state index in [4.69, 9.17) is 4.98 Å². The highest BCUT2D eigenvalue weighted by Gasteiger charge is 2.27. The highest BCUT2D eigenvalue weighted by Crippen LogP contribution is 2.25. The molecule has 0 N–H and O–H groups in total. The fraction of sp³-hybridized carbons (Fsp3) is 0.444. The number of benzene rings is 2. The lowest BCUT2D eigenvalue weighted by Gasteiger charge is -2.32. The number of carbonyl (C=O) groups is 1. The Kier molecular flexibility index (Phi) is 7.69. The number of carbonyl (C=O) groups excluding carboxylic acids is 1. The molecule has 1 atom stereocenters. The second kappa shape index (κ2) is 10.3. The predicted octanol–water partition coefficient (Wildman–Crippen LogP) is 4.50. The van der Waals surface area contributed by atoms with Crippen molar-refractivity contribution in [1.29, 1.82) is 0 Å². The number of fused-ring (bicyclic) bond motifs is 1. The number of nitrogens with zero attached hydrogens (tertiary/aromatic N) is 4. The topological polar surface area (TPSA) is 58.4 Å². The van der Waals surface area contributed by atoms with Gasteiger partial charge in [0.05, 0.1) is 22.6 Å². The molecular formula is C27H36N4O2. The maximum atomic E-state index is 13.7. The first-order valence-electron chi connectivity index (χ1n) is 11.6. The van der Waals surface area contributed by atoms with Crippen molar-refractivity contribution in [3.63, 3.8) is 0 Å². The van der Waals surface area contributed by atoms with Gasteiger partial charge in [0.25, 0.3) is 5.56 Å². The Morgan fingerprint density at radius 1 is 1.00 bits per heavy atom. The van der Waals surface area contributed by atoms with Gasteiger partial charge in [0, 0.05) is 19.5 Å². The first-order chi connectivity index (χ1) is 15.6. The molecule has 3 rings (SSSR count). The molecular weight excluding hydrogens is 412 g/mol. The Bertz CT molecular complexity index is 1200. The fourth-order valence-electron chi connectivity index (χ4n) is 3.99. The molecule has 6 heteroatoms. The van der Waals surface area contributed by atoms with E-state index in [0.29, 0.717) is 29.7 Å². The molecule has 0 saturated carbocycles. The summed E-state index contributed by atoms with van der Waals surface area (Å²) in [6.45, 7) is 11.5. The zero-order chi connectivity index (χ0) is 24.3. The molecule has 0 aliphatic heterocycles. The van der Waals surface area contributed by atoms with Gasteiger partial charge in [-0.3, -0.25) is 14.2 Å². The first kappa shape index (κ1) is 24.6. The maximum Gasteiger partial charge on any atom is 0.266 e. The van der Waals surface area contributed by atoms with Gasteiger partial charge in [0.1, 0.15) is 5.82 Å². The number of hydrogen-bond donors (Lipinski definition) is 0. The number of likely N-dealkylation sites (N-methyl/N-ethyl adjacent to an activating group) is 1. The van der Waals surface area contributed by atoms with Crippen LogP contribution in [0.4, 0.5) is 0 Å². The average molecular weight is 449 g/mol. The summed E-state index contributed by atoms with van der Waals surface area (Å²) in [6, 6.07) is 13.0. The number of aromatic nitrogens is 2. The van der Waals surface area contributed by atoms with E-state index in [-0.39, 0.29) is 23.4 Å². The molecule has 1 heterocycles. The molecule has 0 fully saturated rings. The molecule has 1 amide bonds. The van der Waals surface area contributed by atoms with Crippen molar-refractivity contribution < 1.29 is 4.79 Å². The quantitative estimate of drug-likeness (QED) is 0.509. The lowest BCUT2D eigenvalue weighted by Crippen LogP contribution is -2.41. The molecule has 0 bridgehead atoms. The van der Waals surface area contributed by atoms with Crippen molar-refractivity contribution >= 4 is 16.8 Å². The molecule has 0 aliphatic rings. The summed E-state index contributed by atoms with van der Waals surface area (Å²) in [4.78, 5) is 35.8. The zero-order valence-corrected chi connectivity index (χ0v) is 20.9. The molecule has 1 aromatic heterocycles. The van der Waals surface area contributed by atoms with E-state index in [0.717, 1.165) is 23.4 Å². The van der Waals surface area contributed by atoms with Crippen LogP contribution in [0, 0.1) is 19.8 Å². The van der Waals surface area contributed by atoms with Crippen LogP contribution < -0.4 is 5.56 Å². The highest BCUT2D eigenvalue weighted by atomic mass is 16.2. The summed E-state index contributed by atoms with van der Waals surface area (Å²) in [6.07, 6.45) is 0.458. The van der Waals surface area contributed by atoms with Gasteiger partial charge in [0.15, 0.2) is 0 Å². The van der Waals surface area contributed by atoms with Gasteiger partial charge in [-0.1, -0.05) is 32.0 Å². The van der Waals surface area contributed by atoms with Gasteiger partial charge >= 0.3 is 0 Å². The Hall–Kier alpha value is -2.99. The smallest absolute Gasteiger partial charge is 0.266 e. The first-order valence-corrected chi connectivity index (χ1v) is 11.6. The summed E-state index contributed by atoms with van der Waals surface area (Å²) < 4.78 is 1.69. The number of amides is 1. The molecule has 33 heavy (non-hydrogen) atoms. The van der Waals surface area contributed by atoms with Crippen molar-refractivity contribution in [2.24, 2.45) is 5.92 Å². The molecule has 176 valence electrons. The van der Waals surface area contributed by atoms with E-state index in [1.54, 1.807) is 4.57 Å². The SMILES string of the molecule is Cc1ccc(-n2c(C(C)N(CCN(C)C)C(=O)CC(C)C)nc3ccccc3c2=O)cc1C. The molecule has 1 unspecified atom stereocenters. The number of aryl methyl sites for hydroxylation is 2. The third-order valence-electron chi connectivity index (χ3n) is 6.08. The van der Waals surface area contributed by atoms with Gasteiger partial charge in [-0.15, -0.1) is 0 Å². The van der Waals surface area contributed by atoms with Crippen molar-refractivity contribution in [1.82, 2.24) is 19.4 Å². The third-order valence-corrected chi connectivity index (χ3v) is 6.08. The largest absolute Gasteiger partial charge is 0.331 e. The van der Waals surface area contributed by atoms with Gasteiger partial charge in [-0.05, 0) is 76.2 Å². The van der Waals surface area contributed by atoms with Crippen molar-refractivity contribution in [3.8, 4) is 5.69 Å². The average Bonchev–Trinajstić information content (AvgIpc) is 2.75. The number of rotatable bonds is 8. The van der Waals surface area contributed by atoms with E-state index in [1.807, 2.05) is 89.2 Å². The maximum absolute atomic E-state index is 13.7. The lowest BCUT2D eigenvalue weighted by atomic mass is 10.1. The third kappa shape index (κ3) is 5.50. The molecule has 3 aromatic rings. The summed E-state index contributed by atoms with van der Waals surface area (Å²) >= 11 is 0. The summed E-state index contributed by atoms with van der Waals surface area (Å²) in [7, 11) is 3.99. The van der Waals surface area contributed by atoms with Crippen LogP contribution in [0.3, 0.4) is 0 Å². The van der Waals surface area contributed by atoms with Gasteiger partial charge < -0.3 is 9.80 Å².